The van der Waals surface area contributed by atoms with Crippen LogP contribution in [-0.4, -0.2) is 53.8 Å². The molecule has 0 unspecified atom stereocenters. The highest BCUT2D eigenvalue weighted by Crippen LogP contribution is 2.44. The van der Waals surface area contributed by atoms with Crippen LogP contribution < -0.4 is 0 Å². The zero-order chi connectivity index (χ0) is 16.7. The highest BCUT2D eigenvalue weighted by Gasteiger charge is 2.53. The van der Waals surface area contributed by atoms with Crippen molar-refractivity contribution in [1.29, 1.82) is 0 Å². The molecule has 1 aromatic rings. The van der Waals surface area contributed by atoms with Crippen LogP contribution in [0.5, 0.6) is 0 Å². The third-order valence-corrected chi connectivity index (χ3v) is 6.16. The minimum Gasteiger partial charge on any atom is -0.378 e. The van der Waals surface area contributed by atoms with Gasteiger partial charge in [-0.25, -0.2) is 0 Å². The van der Waals surface area contributed by atoms with Crippen LogP contribution in [0.25, 0.3) is 0 Å². The smallest absolute Gasteiger partial charge is 0.270 e. The van der Waals surface area contributed by atoms with Gasteiger partial charge >= 0.3 is 0 Å². The summed E-state index contributed by atoms with van der Waals surface area (Å²) in [5.74, 6) is 0.773. The van der Waals surface area contributed by atoms with Gasteiger partial charge in [-0.1, -0.05) is 11.6 Å². The Morgan fingerprint density at radius 1 is 1.42 bits per heavy atom. The number of hydrogen-bond acceptors (Lipinski definition) is 3. The molecule has 1 amide bonds. The Morgan fingerprint density at radius 2 is 2.25 bits per heavy atom. The summed E-state index contributed by atoms with van der Waals surface area (Å²) in [7, 11) is 1.78. The molecular formula is C18H25ClN2O3. The van der Waals surface area contributed by atoms with Crippen LogP contribution >= 0.6 is 11.6 Å². The average molecular weight is 353 g/mol. The molecule has 24 heavy (non-hydrogen) atoms. The summed E-state index contributed by atoms with van der Waals surface area (Å²) >= 11 is 5.96. The van der Waals surface area contributed by atoms with Crippen LogP contribution in [0, 0.1) is 5.92 Å². The fraction of sp³-hybridized carbons (Fsp3) is 0.722. The van der Waals surface area contributed by atoms with Crippen molar-refractivity contribution < 1.29 is 14.3 Å². The van der Waals surface area contributed by atoms with Gasteiger partial charge in [0, 0.05) is 26.5 Å². The van der Waals surface area contributed by atoms with Gasteiger partial charge in [0.25, 0.3) is 5.91 Å². The van der Waals surface area contributed by atoms with Crippen molar-refractivity contribution in [2.45, 2.75) is 56.3 Å². The first-order valence-corrected chi connectivity index (χ1v) is 9.31. The predicted molar refractivity (Wildman–Crippen MR) is 91.3 cm³/mol. The summed E-state index contributed by atoms with van der Waals surface area (Å²) in [6.45, 7) is 1.60. The second-order valence-corrected chi connectivity index (χ2v) is 7.87. The van der Waals surface area contributed by atoms with Crippen molar-refractivity contribution in [2.24, 2.45) is 5.92 Å². The summed E-state index contributed by atoms with van der Waals surface area (Å²) in [6.07, 6.45) is 8.22. The number of fused-ring (bicyclic) bond motifs is 1. The van der Waals surface area contributed by atoms with Gasteiger partial charge in [-0.3, -0.25) is 4.79 Å². The van der Waals surface area contributed by atoms with E-state index in [1.54, 1.807) is 19.4 Å². The zero-order valence-electron chi connectivity index (χ0n) is 14.1. The van der Waals surface area contributed by atoms with E-state index in [1.165, 1.54) is 12.8 Å². The van der Waals surface area contributed by atoms with E-state index in [-0.39, 0.29) is 23.7 Å². The minimum absolute atomic E-state index is 0.00803. The van der Waals surface area contributed by atoms with E-state index in [1.807, 2.05) is 4.90 Å². The lowest BCUT2D eigenvalue weighted by Crippen LogP contribution is -2.53. The molecule has 0 bridgehead atoms. The van der Waals surface area contributed by atoms with E-state index in [0.717, 1.165) is 44.8 Å². The predicted octanol–water partition coefficient (Wildman–Crippen LogP) is 3.25. The molecule has 1 saturated heterocycles. The van der Waals surface area contributed by atoms with Gasteiger partial charge in [0.1, 0.15) is 5.69 Å². The summed E-state index contributed by atoms with van der Waals surface area (Å²) in [6, 6.07) is 1.77. The van der Waals surface area contributed by atoms with E-state index in [4.69, 9.17) is 21.1 Å². The number of nitrogens with one attached hydrogen (secondary N) is 1. The van der Waals surface area contributed by atoms with Crippen molar-refractivity contribution in [3.63, 3.8) is 0 Å². The largest absolute Gasteiger partial charge is 0.378 e. The van der Waals surface area contributed by atoms with Crippen molar-refractivity contribution >= 4 is 17.5 Å². The summed E-state index contributed by atoms with van der Waals surface area (Å²) < 4.78 is 12.0. The van der Waals surface area contributed by atoms with Gasteiger partial charge in [-0.05, 0) is 50.5 Å². The van der Waals surface area contributed by atoms with Gasteiger partial charge in [0.05, 0.1) is 22.8 Å². The standard InChI is InChI=1S/C18H25ClN2O3/c1-23-18-5-4-14(24-11-12-2-3-12)9-16(18)21(7-6-18)17(22)15-8-13(19)10-20-15/h8,10,12,14,16,20H,2-7,9,11H2,1H3/t14-,16-,18+/m0/s1. The van der Waals surface area contributed by atoms with Gasteiger partial charge in [-0.15, -0.1) is 0 Å². The molecule has 0 radical (unpaired) electrons. The zero-order valence-corrected chi connectivity index (χ0v) is 14.8. The van der Waals surface area contributed by atoms with Gasteiger partial charge in [0.2, 0.25) is 0 Å². The lowest BCUT2D eigenvalue weighted by Gasteiger charge is -2.43. The number of methoxy groups -OCH3 is 1. The van der Waals surface area contributed by atoms with Crippen molar-refractivity contribution in [1.82, 2.24) is 9.88 Å². The molecule has 3 fully saturated rings. The molecule has 2 heterocycles. The van der Waals surface area contributed by atoms with Crippen LogP contribution in [0.2, 0.25) is 5.02 Å². The lowest BCUT2D eigenvalue weighted by atomic mass is 9.79. The van der Waals surface area contributed by atoms with E-state index in [9.17, 15) is 4.79 Å². The highest BCUT2D eigenvalue weighted by molar-refractivity contribution is 6.30. The Balaban J connectivity index is 1.49. The van der Waals surface area contributed by atoms with Crippen LogP contribution in [0.4, 0.5) is 0 Å². The molecule has 1 N–H and O–H groups in total. The number of aromatic nitrogens is 1. The molecule has 6 heteroatoms. The van der Waals surface area contributed by atoms with Crippen LogP contribution in [0.1, 0.15) is 49.0 Å². The molecular weight excluding hydrogens is 328 g/mol. The van der Waals surface area contributed by atoms with Crippen molar-refractivity contribution in [3.8, 4) is 0 Å². The Morgan fingerprint density at radius 3 is 2.92 bits per heavy atom. The Bertz CT molecular complexity index is 615. The molecule has 3 atom stereocenters. The molecule has 132 valence electrons. The molecule has 0 spiro atoms. The van der Waals surface area contributed by atoms with Crippen LogP contribution in [-0.2, 0) is 9.47 Å². The quantitative estimate of drug-likeness (QED) is 0.885. The topological polar surface area (TPSA) is 54.6 Å². The van der Waals surface area contributed by atoms with Gasteiger partial charge < -0.3 is 19.4 Å². The molecule has 2 aliphatic carbocycles. The molecule has 2 saturated carbocycles. The summed E-state index contributed by atoms with van der Waals surface area (Å²) in [5, 5.41) is 0.560. The van der Waals surface area contributed by atoms with Gasteiger partial charge in [-0.2, -0.15) is 0 Å². The fourth-order valence-corrected chi connectivity index (χ4v) is 4.42. The molecule has 1 aliphatic heterocycles. The van der Waals surface area contributed by atoms with E-state index >= 15 is 0 Å². The Labute approximate surface area is 147 Å². The molecule has 4 rings (SSSR count). The molecule has 1 aromatic heterocycles. The SMILES string of the molecule is CO[C@@]12CC[C@H](OCC3CC3)C[C@@H]1N(C(=O)c1cc(Cl)c[nH]1)CC2. The molecule has 0 aromatic carbocycles. The number of ether oxygens (including phenoxy) is 2. The van der Waals surface area contributed by atoms with Gasteiger partial charge in [0.15, 0.2) is 0 Å². The lowest BCUT2D eigenvalue weighted by molar-refractivity contribution is -0.0977. The number of carbonyl (C=O) groups excluding carboxylic acids is 1. The van der Waals surface area contributed by atoms with E-state index in [2.05, 4.69) is 4.98 Å². The van der Waals surface area contributed by atoms with Crippen molar-refractivity contribution in [2.75, 3.05) is 20.3 Å². The highest BCUT2D eigenvalue weighted by atomic mass is 35.5. The number of carbonyl (C=O) groups is 1. The first-order valence-electron chi connectivity index (χ1n) is 8.93. The maximum atomic E-state index is 12.9. The number of nitrogens with zero attached hydrogens (tertiary/aromatic N) is 1. The minimum atomic E-state index is -0.217. The summed E-state index contributed by atoms with van der Waals surface area (Å²) in [4.78, 5) is 17.8. The second-order valence-electron chi connectivity index (χ2n) is 7.44. The number of H-pyrrole nitrogens is 1. The Kier molecular flexibility index (Phi) is 4.35. The molecule has 5 nitrogen and oxygen atoms in total. The maximum Gasteiger partial charge on any atom is 0.270 e. The monoisotopic (exact) mass is 352 g/mol. The Hall–Kier alpha value is -1.04. The number of rotatable bonds is 5. The molecule has 3 aliphatic rings. The maximum absolute atomic E-state index is 12.9. The average Bonchev–Trinajstić information content (AvgIpc) is 3.20. The fourth-order valence-electron chi connectivity index (χ4n) is 4.26. The normalized spacial score (nSPS) is 32.8. The third kappa shape index (κ3) is 2.98. The van der Waals surface area contributed by atoms with E-state index in [0.29, 0.717) is 10.7 Å². The first-order chi connectivity index (χ1) is 11.6. The van der Waals surface area contributed by atoms with Crippen LogP contribution in [0.3, 0.4) is 0 Å². The summed E-state index contributed by atoms with van der Waals surface area (Å²) in [5.41, 5.74) is 0.332. The van der Waals surface area contributed by atoms with Crippen LogP contribution in [0.15, 0.2) is 12.3 Å². The van der Waals surface area contributed by atoms with Crippen molar-refractivity contribution in [3.05, 3.63) is 23.0 Å². The first kappa shape index (κ1) is 16.4. The number of aromatic amines is 1. The van der Waals surface area contributed by atoms with E-state index < -0.39 is 0 Å². The number of hydrogen-bond donors (Lipinski definition) is 1. The number of amides is 1. The third-order valence-electron chi connectivity index (χ3n) is 5.95. The number of halogens is 1. The number of likely N-dealkylation sites (tertiary alicyclic amines) is 1. The second kappa shape index (κ2) is 6.36.